The molecule has 5 nitrogen and oxygen atoms in total. The first-order valence-electron chi connectivity index (χ1n) is 6.64. The van der Waals surface area contributed by atoms with Gasteiger partial charge in [-0.15, -0.1) is 0 Å². The van der Waals surface area contributed by atoms with E-state index in [1.54, 1.807) is 0 Å². The van der Waals surface area contributed by atoms with Crippen molar-refractivity contribution >= 4 is 28.7 Å². The fourth-order valence-electron chi connectivity index (χ4n) is 1.81. The molecule has 0 unspecified atom stereocenters. The number of imidazole rings is 1. The van der Waals surface area contributed by atoms with E-state index >= 15 is 0 Å². The minimum Gasteiger partial charge on any atom is -0.355 e. The molecule has 6 heteroatoms. The van der Waals surface area contributed by atoms with Crippen LogP contribution in [0.3, 0.4) is 0 Å². The van der Waals surface area contributed by atoms with Gasteiger partial charge < -0.3 is 15.2 Å². The molecule has 0 fully saturated rings. The number of carbonyl (C=O) groups is 1. The highest BCUT2D eigenvalue weighted by Gasteiger charge is 2.06. The van der Waals surface area contributed by atoms with Crippen LogP contribution in [0, 0.1) is 0 Å². The van der Waals surface area contributed by atoms with E-state index in [2.05, 4.69) is 20.2 Å². The molecule has 108 valence electrons. The second kappa shape index (κ2) is 7.31. The van der Waals surface area contributed by atoms with Crippen molar-refractivity contribution in [1.82, 2.24) is 20.2 Å². The van der Waals surface area contributed by atoms with Gasteiger partial charge in [-0.1, -0.05) is 23.9 Å². The number of fused-ring (bicyclic) bond motifs is 1. The van der Waals surface area contributed by atoms with E-state index in [1.807, 2.05) is 38.4 Å². The van der Waals surface area contributed by atoms with Gasteiger partial charge in [0.05, 0.1) is 16.8 Å². The van der Waals surface area contributed by atoms with E-state index in [1.165, 1.54) is 11.8 Å². The molecule has 0 aliphatic rings. The number of hydrogen-bond donors (Lipinski definition) is 2. The van der Waals surface area contributed by atoms with E-state index in [0.29, 0.717) is 5.75 Å². The van der Waals surface area contributed by atoms with Gasteiger partial charge in [0.1, 0.15) is 0 Å². The lowest BCUT2D eigenvalue weighted by atomic mass is 10.3. The fourth-order valence-corrected chi connectivity index (χ4v) is 2.52. The molecule has 0 saturated heterocycles. The maximum Gasteiger partial charge on any atom is 0.230 e. The zero-order valence-corrected chi connectivity index (χ0v) is 12.7. The number of amides is 1. The lowest BCUT2D eigenvalue weighted by Crippen LogP contribution is -2.28. The van der Waals surface area contributed by atoms with Crippen LogP contribution in [0.25, 0.3) is 11.0 Å². The summed E-state index contributed by atoms with van der Waals surface area (Å²) in [7, 11) is 4.05. The van der Waals surface area contributed by atoms with Gasteiger partial charge in [-0.25, -0.2) is 4.98 Å². The molecule has 0 aliphatic carbocycles. The quantitative estimate of drug-likeness (QED) is 0.602. The largest absolute Gasteiger partial charge is 0.355 e. The number of rotatable bonds is 7. The molecule has 0 atom stereocenters. The molecule has 1 aromatic heterocycles. The van der Waals surface area contributed by atoms with Gasteiger partial charge in [0, 0.05) is 6.54 Å². The second-order valence-corrected chi connectivity index (χ2v) is 5.82. The van der Waals surface area contributed by atoms with Crippen LogP contribution in [-0.4, -0.2) is 53.7 Å². The molecule has 1 heterocycles. The Morgan fingerprint density at radius 3 is 2.95 bits per heavy atom. The van der Waals surface area contributed by atoms with Crippen LogP contribution in [0.4, 0.5) is 0 Å². The average Bonchev–Trinajstić information content (AvgIpc) is 2.84. The summed E-state index contributed by atoms with van der Waals surface area (Å²) in [5.41, 5.74) is 1.93. The van der Waals surface area contributed by atoms with Gasteiger partial charge in [0.2, 0.25) is 5.91 Å². The smallest absolute Gasteiger partial charge is 0.230 e. The Morgan fingerprint density at radius 1 is 1.40 bits per heavy atom. The normalized spacial score (nSPS) is 11.2. The molecule has 20 heavy (non-hydrogen) atoms. The highest BCUT2D eigenvalue weighted by molar-refractivity contribution is 7.99. The van der Waals surface area contributed by atoms with Crippen LogP contribution in [0.5, 0.6) is 0 Å². The molecule has 1 amide bonds. The predicted molar refractivity (Wildman–Crippen MR) is 83.0 cm³/mol. The van der Waals surface area contributed by atoms with Crippen molar-refractivity contribution in [3.05, 3.63) is 24.3 Å². The number of hydrogen-bond acceptors (Lipinski definition) is 4. The van der Waals surface area contributed by atoms with Crippen LogP contribution >= 0.6 is 11.8 Å². The van der Waals surface area contributed by atoms with E-state index in [0.717, 1.165) is 35.7 Å². The Hall–Kier alpha value is -1.53. The van der Waals surface area contributed by atoms with Gasteiger partial charge in [-0.2, -0.15) is 0 Å². The Morgan fingerprint density at radius 2 is 2.20 bits per heavy atom. The monoisotopic (exact) mass is 292 g/mol. The number of benzene rings is 1. The van der Waals surface area contributed by atoms with Gasteiger partial charge in [0.15, 0.2) is 5.16 Å². The average molecular weight is 292 g/mol. The molecule has 0 radical (unpaired) electrons. The zero-order valence-electron chi connectivity index (χ0n) is 11.8. The maximum absolute atomic E-state index is 11.7. The number of H-pyrrole nitrogens is 1. The third kappa shape index (κ3) is 4.54. The lowest BCUT2D eigenvalue weighted by Gasteiger charge is -2.09. The van der Waals surface area contributed by atoms with Gasteiger partial charge >= 0.3 is 0 Å². The van der Waals surface area contributed by atoms with E-state index in [-0.39, 0.29) is 5.91 Å². The van der Waals surface area contributed by atoms with E-state index in [9.17, 15) is 4.79 Å². The lowest BCUT2D eigenvalue weighted by molar-refractivity contribution is -0.118. The minimum absolute atomic E-state index is 0.0502. The summed E-state index contributed by atoms with van der Waals surface area (Å²) in [6.07, 6.45) is 0.966. The van der Waals surface area contributed by atoms with Crippen LogP contribution in [0.15, 0.2) is 29.4 Å². The summed E-state index contributed by atoms with van der Waals surface area (Å²) in [6.45, 7) is 1.70. The van der Waals surface area contributed by atoms with Gasteiger partial charge in [-0.05, 0) is 39.2 Å². The molecule has 0 saturated carbocycles. The van der Waals surface area contributed by atoms with Gasteiger partial charge in [-0.3, -0.25) is 4.79 Å². The van der Waals surface area contributed by atoms with Crippen LogP contribution < -0.4 is 5.32 Å². The summed E-state index contributed by atoms with van der Waals surface area (Å²) in [4.78, 5) is 21.4. The van der Waals surface area contributed by atoms with Crippen molar-refractivity contribution < 1.29 is 4.79 Å². The number of nitrogens with zero attached hydrogens (tertiary/aromatic N) is 2. The number of aromatic amines is 1. The third-order valence-electron chi connectivity index (χ3n) is 2.81. The fraction of sp³-hybridized carbons (Fsp3) is 0.429. The summed E-state index contributed by atoms with van der Waals surface area (Å²) in [5, 5.41) is 3.70. The van der Waals surface area contributed by atoms with E-state index in [4.69, 9.17) is 0 Å². The summed E-state index contributed by atoms with van der Waals surface area (Å²) < 4.78 is 0. The molecule has 2 rings (SSSR count). The maximum atomic E-state index is 11.7. The first-order valence-corrected chi connectivity index (χ1v) is 7.62. The molecule has 0 spiro atoms. The van der Waals surface area contributed by atoms with Crippen molar-refractivity contribution in [1.29, 1.82) is 0 Å². The summed E-state index contributed by atoms with van der Waals surface area (Å²) >= 11 is 1.43. The molecule has 0 aliphatic heterocycles. The van der Waals surface area contributed by atoms with Crippen LogP contribution in [-0.2, 0) is 4.79 Å². The highest BCUT2D eigenvalue weighted by atomic mass is 32.2. The number of aromatic nitrogens is 2. The first-order chi connectivity index (χ1) is 9.65. The van der Waals surface area contributed by atoms with Crippen LogP contribution in [0.1, 0.15) is 6.42 Å². The van der Waals surface area contributed by atoms with Gasteiger partial charge in [0.25, 0.3) is 0 Å². The van der Waals surface area contributed by atoms with Crippen molar-refractivity contribution in [3.8, 4) is 0 Å². The van der Waals surface area contributed by atoms with Crippen molar-refractivity contribution in [2.45, 2.75) is 11.6 Å². The molecule has 2 N–H and O–H groups in total. The summed E-state index contributed by atoms with van der Waals surface area (Å²) in [6, 6.07) is 7.85. The SMILES string of the molecule is CN(C)CCCNC(=O)CSc1nc2ccccc2[nH]1. The first kappa shape index (κ1) is 14.9. The topological polar surface area (TPSA) is 61.0 Å². The number of nitrogens with one attached hydrogen (secondary N) is 2. The van der Waals surface area contributed by atoms with E-state index < -0.39 is 0 Å². The number of para-hydroxylation sites is 2. The summed E-state index contributed by atoms with van der Waals surface area (Å²) in [5.74, 6) is 0.441. The highest BCUT2D eigenvalue weighted by Crippen LogP contribution is 2.18. The number of carbonyl (C=O) groups excluding carboxylic acids is 1. The van der Waals surface area contributed by atoms with Crippen molar-refractivity contribution in [3.63, 3.8) is 0 Å². The second-order valence-electron chi connectivity index (χ2n) is 4.85. The molecular formula is C14H20N4OS. The van der Waals surface area contributed by atoms with Crippen molar-refractivity contribution in [2.24, 2.45) is 0 Å². The molecular weight excluding hydrogens is 272 g/mol. The Balaban J connectivity index is 1.73. The standard InChI is InChI=1S/C14H20N4OS/c1-18(2)9-5-8-15-13(19)10-20-14-16-11-6-3-4-7-12(11)17-14/h3-4,6-7H,5,8-10H2,1-2H3,(H,15,19)(H,16,17). The van der Waals surface area contributed by atoms with Crippen molar-refractivity contribution in [2.75, 3.05) is 32.9 Å². The number of thioether (sulfide) groups is 1. The minimum atomic E-state index is 0.0502. The third-order valence-corrected chi connectivity index (χ3v) is 3.69. The predicted octanol–water partition coefficient (Wildman–Crippen LogP) is 1.72. The molecule has 2 aromatic rings. The zero-order chi connectivity index (χ0) is 14.4. The Bertz CT molecular complexity index is 534. The Kier molecular flexibility index (Phi) is 5.43. The van der Waals surface area contributed by atoms with Crippen LogP contribution in [0.2, 0.25) is 0 Å². The molecule has 0 bridgehead atoms. The Labute approximate surface area is 123 Å². The molecule has 1 aromatic carbocycles.